The molecule has 0 radical (unpaired) electrons. The molecule has 0 saturated heterocycles. The third-order valence-electron chi connectivity index (χ3n) is 4.31. The predicted molar refractivity (Wildman–Crippen MR) is 82.9 cm³/mol. The van der Waals surface area contributed by atoms with E-state index in [1.165, 1.54) is 28.8 Å². The van der Waals surface area contributed by atoms with E-state index in [-0.39, 0.29) is 0 Å². The van der Waals surface area contributed by atoms with Gasteiger partial charge in [0.25, 0.3) is 0 Å². The van der Waals surface area contributed by atoms with Gasteiger partial charge in [0.05, 0.1) is 5.69 Å². The van der Waals surface area contributed by atoms with E-state index in [1.807, 2.05) is 12.3 Å². The normalized spacial score (nSPS) is 18.8. The maximum absolute atomic E-state index is 4.59. The SMILES string of the molecule is CCNC(C)c1ccc(C2CCc3cccnc32)cc1. The molecular weight excluding hydrogens is 244 g/mol. The Morgan fingerprint density at radius 1 is 1.25 bits per heavy atom. The Balaban J connectivity index is 1.82. The summed E-state index contributed by atoms with van der Waals surface area (Å²) >= 11 is 0. The van der Waals surface area contributed by atoms with Crippen LogP contribution < -0.4 is 5.32 Å². The molecule has 0 aliphatic heterocycles. The average Bonchev–Trinajstić information content (AvgIpc) is 2.92. The van der Waals surface area contributed by atoms with Crippen molar-refractivity contribution < 1.29 is 0 Å². The van der Waals surface area contributed by atoms with Crippen LogP contribution in [0.2, 0.25) is 0 Å². The second-order valence-corrected chi connectivity index (χ2v) is 5.59. The van der Waals surface area contributed by atoms with Crippen LogP contribution in [0.5, 0.6) is 0 Å². The lowest BCUT2D eigenvalue weighted by Gasteiger charge is -2.15. The summed E-state index contributed by atoms with van der Waals surface area (Å²) in [5.74, 6) is 0.481. The van der Waals surface area contributed by atoms with Crippen LogP contribution in [0.15, 0.2) is 42.6 Å². The molecular formula is C18H22N2. The van der Waals surface area contributed by atoms with E-state index in [0.29, 0.717) is 12.0 Å². The van der Waals surface area contributed by atoms with E-state index in [1.54, 1.807) is 0 Å². The zero-order chi connectivity index (χ0) is 13.9. The van der Waals surface area contributed by atoms with Crippen molar-refractivity contribution in [1.82, 2.24) is 10.3 Å². The molecule has 1 N–H and O–H groups in total. The molecule has 0 saturated carbocycles. The molecule has 104 valence electrons. The Labute approximate surface area is 121 Å². The fourth-order valence-electron chi connectivity index (χ4n) is 3.18. The minimum atomic E-state index is 0.419. The lowest BCUT2D eigenvalue weighted by Crippen LogP contribution is -2.17. The Bertz CT molecular complexity index is 574. The molecule has 3 rings (SSSR count). The summed E-state index contributed by atoms with van der Waals surface area (Å²) in [5.41, 5.74) is 5.45. The smallest absolute Gasteiger partial charge is 0.0510 e. The Hall–Kier alpha value is -1.67. The van der Waals surface area contributed by atoms with Crippen LogP contribution in [0, 0.1) is 0 Å². The van der Waals surface area contributed by atoms with Gasteiger partial charge in [0.1, 0.15) is 0 Å². The van der Waals surface area contributed by atoms with Crippen LogP contribution in [-0.2, 0) is 6.42 Å². The molecule has 0 spiro atoms. The number of nitrogens with one attached hydrogen (secondary N) is 1. The zero-order valence-corrected chi connectivity index (χ0v) is 12.3. The van der Waals surface area contributed by atoms with Crippen molar-refractivity contribution in [3.63, 3.8) is 0 Å². The summed E-state index contributed by atoms with van der Waals surface area (Å²) in [6.45, 7) is 5.36. The minimum absolute atomic E-state index is 0.419. The van der Waals surface area contributed by atoms with Crippen LogP contribution in [0.4, 0.5) is 0 Å². The van der Waals surface area contributed by atoms with Gasteiger partial charge in [0.2, 0.25) is 0 Å². The number of hydrogen-bond donors (Lipinski definition) is 1. The molecule has 1 heterocycles. The number of aromatic nitrogens is 1. The van der Waals surface area contributed by atoms with Gasteiger partial charge in [0, 0.05) is 18.2 Å². The molecule has 20 heavy (non-hydrogen) atoms. The van der Waals surface area contributed by atoms with E-state index < -0.39 is 0 Å². The molecule has 0 amide bonds. The first-order valence-corrected chi connectivity index (χ1v) is 7.56. The lowest BCUT2D eigenvalue weighted by molar-refractivity contribution is 0.597. The number of aryl methyl sites for hydroxylation is 1. The van der Waals surface area contributed by atoms with Crippen molar-refractivity contribution in [2.45, 2.75) is 38.6 Å². The largest absolute Gasteiger partial charge is 0.310 e. The Morgan fingerprint density at radius 2 is 2.05 bits per heavy atom. The highest BCUT2D eigenvalue weighted by Gasteiger charge is 2.24. The molecule has 1 aliphatic rings. The molecule has 0 fully saturated rings. The summed E-state index contributed by atoms with van der Waals surface area (Å²) in [4.78, 5) is 4.59. The van der Waals surface area contributed by atoms with Gasteiger partial charge < -0.3 is 5.32 Å². The first-order valence-electron chi connectivity index (χ1n) is 7.56. The first kappa shape index (κ1) is 13.3. The summed E-state index contributed by atoms with van der Waals surface area (Å²) in [7, 11) is 0. The number of nitrogens with zero attached hydrogens (tertiary/aromatic N) is 1. The molecule has 2 nitrogen and oxygen atoms in total. The molecule has 2 atom stereocenters. The fraction of sp³-hybridized carbons (Fsp3) is 0.389. The van der Waals surface area contributed by atoms with Gasteiger partial charge >= 0.3 is 0 Å². The molecule has 2 aromatic rings. The van der Waals surface area contributed by atoms with E-state index in [2.05, 4.69) is 54.5 Å². The monoisotopic (exact) mass is 266 g/mol. The highest BCUT2D eigenvalue weighted by atomic mass is 14.9. The average molecular weight is 266 g/mol. The van der Waals surface area contributed by atoms with Gasteiger partial charge in [-0.2, -0.15) is 0 Å². The summed E-state index contributed by atoms with van der Waals surface area (Å²) in [5, 5.41) is 3.45. The van der Waals surface area contributed by atoms with Gasteiger partial charge in [-0.3, -0.25) is 4.98 Å². The molecule has 0 bridgehead atoms. The van der Waals surface area contributed by atoms with E-state index in [4.69, 9.17) is 0 Å². The second-order valence-electron chi connectivity index (χ2n) is 5.59. The van der Waals surface area contributed by atoms with E-state index in [0.717, 1.165) is 13.0 Å². The maximum atomic E-state index is 4.59. The fourth-order valence-corrected chi connectivity index (χ4v) is 3.18. The minimum Gasteiger partial charge on any atom is -0.310 e. The van der Waals surface area contributed by atoms with Crippen LogP contribution in [0.1, 0.15) is 54.6 Å². The van der Waals surface area contributed by atoms with Crippen molar-refractivity contribution in [2.75, 3.05) is 6.54 Å². The van der Waals surface area contributed by atoms with Crippen LogP contribution in [0.3, 0.4) is 0 Å². The number of benzene rings is 1. The van der Waals surface area contributed by atoms with Gasteiger partial charge in [-0.1, -0.05) is 37.3 Å². The van der Waals surface area contributed by atoms with Gasteiger partial charge in [-0.15, -0.1) is 0 Å². The first-order chi connectivity index (χ1) is 9.79. The standard InChI is InChI=1S/C18H22N2/c1-3-19-13(2)14-6-8-15(9-7-14)17-11-10-16-5-4-12-20-18(16)17/h4-9,12-13,17,19H,3,10-11H2,1-2H3. The van der Waals surface area contributed by atoms with Crippen LogP contribution in [0.25, 0.3) is 0 Å². The Morgan fingerprint density at radius 3 is 2.80 bits per heavy atom. The second kappa shape index (κ2) is 5.76. The lowest BCUT2D eigenvalue weighted by atomic mass is 9.94. The molecule has 1 aromatic carbocycles. The number of pyridine rings is 1. The Kier molecular flexibility index (Phi) is 3.83. The summed E-state index contributed by atoms with van der Waals surface area (Å²) in [6.07, 6.45) is 4.26. The maximum Gasteiger partial charge on any atom is 0.0510 e. The molecule has 1 aromatic heterocycles. The number of fused-ring (bicyclic) bond motifs is 1. The predicted octanol–water partition coefficient (Wildman–Crippen LogP) is 3.83. The van der Waals surface area contributed by atoms with Crippen LogP contribution >= 0.6 is 0 Å². The van der Waals surface area contributed by atoms with Crippen molar-refractivity contribution in [3.05, 3.63) is 65.0 Å². The third kappa shape index (κ3) is 2.48. The van der Waals surface area contributed by atoms with Gasteiger partial charge in [0.15, 0.2) is 0 Å². The van der Waals surface area contributed by atoms with Crippen molar-refractivity contribution in [2.24, 2.45) is 0 Å². The summed E-state index contributed by atoms with van der Waals surface area (Å²) in [6, 6.07) is 13.7. The highest BCUT2D eigenvalue weighted by Crippen LogP contribution is 2.36. The van der Waals surface area contributed by atoms with E-state index in [9.17, 15) is 0 Å². The van der Waals surface area contributed by atoms with Gasteiger partial charge in [-0.05, 0) is 49.1 Å². The number of hydrogen-bond acceptors (Lipinski definition) is 2. The third-order valence-corrected chi connectivity index (χ3v) is 4.31. The van der Waals surface area contributed by atoms with Gasteiger partial charge in [-0.25, -0.2) is 0 Å². The quantitative estimate of drug-likeness (QED) is 0.909. The molecule has 2 unspecified atom stereocenters. The number of rotatable bonds is 4. The van der Waals surface area contributed by atoms with E-state index >= 15 is 0 Å². The molecule has 2 heteroatoms. The summed E-state index contributed by atoms with van der Waals surface area (Å²) < 4.78 is 0. The topological polar surface area (TPSA) is 24.9 Å². The van der Waals surface area contributed by atoms with Crippen LogP contribution in [-0.4, -0.2) is 11.5 Å². The molecule has 1 aliphatic carbocycles. The van der Waals surface area contributed by atoms with Crippen molar-refractivity contribution in [3.8, 4) is 0 Å². The van der Waals surface area contributed by atoms with Crippen molar-refractivity contribution >= 4 is 0 Å². The highest BCUT2D eigenvalue weighted by molar-refractivity contribution is 5.39. The zero-order valence-electron chi connectivity index (χ0n) is 12.3. The van der Waals surface area contributed by atoms with Crippen molar-refractivity contribution in [1.29, 1.82) is 0 Å².